The number of nitrogens with zero attached hydrogens (tertiary/aromatic N) is 2. The van der Waals surface area contributed by atoms with Crippen LogP contribution >= 0.6 is 11.6 Å². The van der Waals surface area contributed by atoms with E-state index in [1.807, 2.05) is 35.2 Å². The molecule has 4 nitrogen and oxygen atoms in total. The van der Waals surface area contributed by atoms with E-state index < -0.39 is 0 Å². The molecule has 2 amide bonds. The van der Waals surface area contributed by atoms with E-state index in [2.05, 4.69) is 34.5 Å². The van der Waals surface area contributed by atoms with Crippen molar-refractivity contribution >= 4 is 17.6 Å². The van der Waals surface area contributed by atoms with Crippen LogP contribution < -0.4 is 5.32 Å². The molecule has 0 unspecified atom stereocenters. The molecule has 1 aliphatic rings. The van der Waals surface area contributed by atoms with E-state index >= 15 is 0 Å². The molecule has 0 saturated carbocycles. The first-order chi connectivity index (χ1) is 12.7. The predicted octanol–water partition coefficient (Wildman–Crippen LogP) is 3.45. The van der Waals surface area contributed by atoms with Crippen LogP contribution in [0.1, 0.15) is 11.1 Å². The van der Waals surface area contributed by atoms with Crippen molar-refractivity contribution in [3.05, 3.63) is 70.7 Å². The molecule has 1 aliphatic heterocycles. The Bertz CT molecular complexity index is 682. The number of nitrogens with one attached hydrogen (secondary N) is 1. The lowest BCUT2D eigenvalue weighted by Gasteiger charge is -2.34. The number of carbonyl (C=O) groups is 1. The average Bonchev–Trinajstić information content (AvgIpc) is 2.69. The van der Waals surface area contributed by atoms with Crippen molar-refractivity contribution in [1.29, 1.82) is 0 Å². The Morgan fingerprint density at radius 2 is 1.54 bits per heavy atom. The lowest BCUT2D eigenvalue weighted by molar-refractivity contribution is 0.140. The van der Waals surface area contributed by atoms with Crippen LogP contribution in [0.3, 0.4) is 0 Å². The first-order valence-corrected chi connectivity index (χ1v) is 9.62. The first kappa shape index (κ1) is 18.7. The van der Waals surface area contributed by atoms with E-state index in [4.69, 9.17) is 11.6 Å². The lowest BCUT2D eigenvalue weighted by Crippen LogP contribution is -2.52. The van der Waals surface area contributed by atoms with Gasteiger partial charge in [-0.3, -0.25) is 4.90 Å². The van der Waals surface area contributed by atoms with Crippen molar-refractivity contribution in [3.63, 3.8) is 0 Å². The first-order valence-electron chi connectivity index (χ1n) is 9.24. The molecule has 0 atom stereocenters. The molecule has 26 heavy (non-hydrogen) atoms. The number of amides is 2. The molecule has 0 aromatic heterocycles. The van der Waals surface area contributed by atoms with Crippen LogP contribution in [0.5, 0.6) is 0 Å². The van der Waals surface area contributed by atoms with Crippen molar-refractivity contribution in [1.82, 2.24) is 15.1 Å². The maximum absolute atomic E-state index is 12.3. The monoisotopic (exact) mass is 371 g/mol. The van der Waals surface area contributed by atoms with Gasteiger partial charge in [0.05, 0.1) is 0 Å². The molecule has 0 radical (unpaired) electrons. The van der Waals surface area contributed by atoms with Gasteiger partial charge in [0.25, 0.3) is 0 Å². The summed E-state index contributed by atoms with van der Waals surface area (Å²) in [6.07, 6.45) is 1.88. The molecule has 1 fully saturated rings. The van der Waals surface area contributed by atoms with Gasteiger partial charge in [-0.2, -0.15) is 0 Å². The van der Waals surface area contributed by atoms with Crippen LogP contribution in [0, 0.1) is 0 Å². The molecule has 1 saturated heterocycles. The lowest BCUT2D eigenvalue weighted by atomic mass is 10.1. The van der Waals surface area contributed by atoms with E-state index in [1.54, 1.807) is 0 Å². The Labute approximate surface area is 160 Å². The summed E-state index contributed by atoms with van der Waals surface area (Å²) >= 11 is 5.92. The van der Waals surface area contributed by atoms with Gasteiger partial charge in [0.2, 0.25) is 0 Å². The van der Waals surface area contributed by atoms with Gasteiger partial charge < -0.3 is 10.2 Å². The second-order valence-electron chi connectivity index (χ2n) is 6.67. The van der Waals surface area contributed by atoms with Crippen molar-refractivity contribution < 1.29 is 4.79 Å². The Hall–Kier alpha value is -2.04. The molecule has 1 N–H and O–H groups in total. The summed E-state index contributed by atoms with van der Waals surface area (Å²) < 4.78 is 0. The van der Waals surface area contributed by atoms with Crippen molar-refractivity contribution in [2.45, 2.75) is 12.8 Å². The van der Waals surface area contributed by atoms with Gasteiger partial charge in [0.15, 0.2) is 0 Å². The Balaban J connectivity index is 1.33. The van der Waals surface area contributed by atoms with Gasteiger partial charge in [0, 0.05) is 44.3 Å². The minimum Gasteiger partial charge on any atom is -0.338 e. The SMILES string of the molecule is O=C(NCCc1ccccc1)N1CCN(CCc2ccc(Cl)cc2)CC1. The zero-order valence-corrected chi connectivity index (χ0v) is 15.8. The number of piperazine rings is 1. The van der Waals surface area contributed by atoms with E-state index in [1.165, 1.54) is 11.1 Å². The quantitative estimate of drug-likeness (QED) is 0.844. The number of halogens is 1. The summed E-state index contributed by atoms with van der Waals surface area (Å²) in [6, 6.07) is 18.3. The van der Waals surface area contributed by atoms with Crippen LogP contribution in [-0.2, 0) is 12.8 Å². The van der Waals surface area contributed by atoms with Gasteiger partial charge in [-0.1, -0.05) is 54.1 Å². The maximum Gasteiger partial charge on any atom is 0.317 e. The van der Waals surface area contributed by atoms with E-state index in [0.29, 0.717) is 6.54 Å². The van der Waals surface area contributed by atoms with Crippen molar-refractivity contribution in [3.8, 4) is 0 Å². The number of urea groups is 1. The van der Waals surface area contributed by atoms with Gasteiger partial charge in [0.1, 0.15) is 0 Å². The molecule has 138 valence electrons. The minimum absolute atomic E-state index is 0.0540. The smallest absolute Gasteiger partial charge is 0.317 e. The zero-order valence-electron chi connectivity index (χ0n) is 15.0. The Morgan fingerprint density at radius 3 is 2.23 bits per heavy atom. The fourth-order valence-corrected chi connectivity index (χ4v) is 3.31. The van der Waals surface area contributed by atoms with Crippen molar-refractivity contribution in [2.24, 2.45) is 0 Å². The molecule has 0 aliphatic carbocycles. The molecule has 2 aromatic rings. The largest absolute Gasteiger partial charge is 0.338 e. The van der Waals surface area contributed by atoms with Crippen LogP contribution in [0.4, 0.5) is 4.79 Å². The zero-order chi connectivity index (χ0) is 18.2. The highest BCUT2D eigenvalue weighted by molar-refractivity contribution is 6.30. The van der Waals surface area contributed by atoms with E-state index in [-0.39, 0.29) is 6.03 Å². The highest BCUT2D eigenvalue weighted by Crippen LogP contribution is 2.11. The fraction of sp³-hybridized carbons (Fsp3) is 0.381. The number of carbonyl (C=O) groups excluding carboxylic acids is 1. The number of benzene rings is 2. The van der Waals surface area contributed by atoms with Crippen LogP contribution in [-0.4, -0.2) is 55.1 Å². The average molecular weight is 372 g/mol. The fourth-order valence-electron chi connectivity index (χ4n) is 3.18. The van der Waals surface area contributed by atoms with Crippen LogP contribution in [0.25, 0.3) is 0 Å². The molecular formula is C21H26ClN3O. The molecule has 3 rings (SSSR count). The van der Waals surface area contributed by atoms with E-state index in [9.17, 15) is 4.79 Å². The summed E-state index contributed by atoms with van der Waals surface area (Å²) in [4.78, 5) is 16.6. The summed E-state index contributed by atoms with van der Waals surface area (Å²) in [5, 5.41) is 3.81. The molecular weight excluding hydrogens is 346 g/mol. The molecule has 0 bridgehead atoms. The van der Waals surface area contributed by atoms with Gasteiger partial charge >= 0.3 is 6.03 Å². The Morgan fingerprint density at radius 1 is 0.885 bits per heavy atom. The molecule has 0 spiro atoms. The minimum atomic E-state index is 0.0540. The third-order valence-corrected chi connectivity index (χ3v) is 5.07. The third-order valence-electron chi connectivity index (χ3n) is 4.82. The molecule has 1 heterocycles. The highest BCUT2D eigenvalue weighted by atomic mass is 35.5. The van der Waals surface area contributed by atoms with Gasteiger partial charge in [-0.15, -0.1) is 0 Å². The summed E-state index contributed by atoms with van der Waals surface area (Å²) in [7, 11) is 0. The van der Waals surface area contributed by atoms with Gasteiger partial charge in [-0.25, -0.2) is 4.79 Å². The third kappa shape index (κ3) is 5.75. The normalized spacial score (nSPS) is 15.0. The van der Waals surface area contributed by atoms with Crippen LogP contribution in [0.15, 0.2) is 54.6 Å². The number of hydrogen-bond donors (Lipinski definition) is 1. The van der Waals surface area contributed by atoms with Crippen LogP contribution in [0.2, 0.25) is 5.02 Å². The number of hydrogen-bond acceptors (Lipinski definition) is 2. The summed E-state index contributed by atoms with van der Waals surface area (Å²) in [6.45, 7) is 5.14. The summed E-state index contributed by atoms with van der Waals surface area (Å²) in [5.74, 6) is 0. The summed E-state index contributed by atoms with van der Waals surface area (Å²) in [5.41, 5.74) is 2.55. The maximum atomic E-state index is 12.3. The number of rotatable bonds is 6. The Kier molecular flexibility index (Phi) is 6.92. The van der Waals surface area contributed by atoms with Gasteiger partial charge in [-0.05, 0) is 36.1 Å². The van der Waals surface area contributed by atoms with Crippen molar-refractivity contribution in [2.75, 3.05) is 39.3 Å². The standard InChI is InChI=1S/C21H26ClN3O/c22-20-8-6-19(7-9-20)11-13-24-14-16-25(17-15-24)21(26)23-12-10-18-4-2-1-3-5-18/h1-9H,10-17H2,(H,23,26). The predicted molar refractivity (Wildman–Crippen MR) is 107 cm³/mol. The molecule has 2 aromatic carbocycles. The second-order valence-corrected chi connectivity index (χ2v) is 7.11. The topological polar surface area (TPSA) is 35.6 Å². The molecule has 5 heteroatoms. The van der Waals surface area contributed by atoms with E-state index in [0.717, 1.165) is 50.6 Å². The highest BCUT2D eigenvalue weighted by Gasteiger charge is 2.20. The second kappa shape index (κ2) is 9.60.